The van der Waals surface area contributed by atoms with Gasteiger partial charge in [-0.05, 0) is 18.4 Å². The van der Waals surface area contributed by atoms with Gasteiger partial charge in [0.15, 0.2) is 0 Å². The SMILES string of the molecule is N#CCN(Cc1ccccc1)C(=O)CCCCC(=O)O. The Labute approximate surface area is 118 Å². The number of carboxylic acid groups (broad SMARTS) is 1. The minimum atomic E-state index is -0.851. The van der Waals surface area contributed by atoms with E-state index in [1.54, 1.807) is 0 Å². The molecule has 0 atom stereocenters. The number of carbonyl (C=O) groups is 2. The molecular weight excluding hydrogens is 256 g/mol. The standard InChI is InChI=1S/C15H18N2O3/c16-10-11-17(12-13-6-2-1-3-7-13)14(18)8-4-5-9-15(19)20/h1-3,6-7H,4-5,8-9,11-12H2,(H,19,20). The van der Waals surface area contributed by atoms with E-state index in [1.165, 1.54) is 4.90 Å². The summed E-state index contributed by atoms with van der Waals surface area (Å²) in [6.07, 6.45) is 1.36. The highest BCUT2D eigenvalue weighted by Crippen LogP contribution is 2.08. The number of nitrogens with zero attached hydrogens (tertiary/aromatic N) is 2. The molecule has 20 heavy (non-hydrogen) atoms. The average molecular weight is 274 g/mol. The Kier molecular flexibility index (Phi) is 6.83. The number of unbranched alkanes of at least 4 members (excludes halogenated alkanes) is 1. The summed E-state index contributed by atoms with van der Waals surface area (Å²) >= 11 is 0. The largest absolute Gasteiger partial charge is 0.481 e. The van der Waals surface area contributed by atoms with Gasteiger partial charge in [-0.2, -0.15) is 5.26 Å². The molecule has 0 aliphatic rings. The fourth-order valence-corrected chi connectivity index (χ4v) is 1.83. The Morgan fingerprint density at radius 3 is 2.40 bits per heavy atom. The zero-order chi connectivity index (χ0) is 14.8. The summed E-state index contributed by atoms with van der Waals surface area (Å²) in [7, 11) is 0. The van der Waals surface area contributed by atoms with Gasteiger partial charge in [-0.15, -0.1) is 0 Å². The molecule has 0 saturated carbocycles. The van der Waals surface area contributed by atoms with Crippen LogP contribution in [0.15, 0.2) is 30.3 Å². The molecule has 0 heterocycles. The van der Waals surface area contributed by atoms with Gasteiger partial charge in [0.25, 0.3) is 0 Å². The molecule has 0 unspecified atom stereocenters. The van der Waals surface area contributed by atoms with Gasteiger partial charge in [-0.25, -0.2) is 0 Å². The maximum atomic E-state index is 12.0. The highest BCUT2D eigenvalue weighted by Gasteiger charge is 2.13. The van der Waals surface area contributed by atoms with Crippen LogP contribution < -0.4 is 0 Å². The molecule has 0 aliphatic carbocycles. The highest BCUT2D eigenvalue weighted by atomic mass is 16.4. The summed E-state index contributed by atoms with van der Waals surface area (Å²) in [5, 5.41) is 17.3. The summed E-state index contributed by atoms with van der Waals surface area (Å²) in [5.41, 5.74) is 0.974. The first-order valence-corrected chi connectivity index (χ1v) is 6.54. The Balaban J connectivity index is 2.46. The van der Waals surface area contributed by atoms with Gasteiger partial charge in [0.1, 0.15) is 6.54 Å². The number of hydrogen-bond donors (Lipinski definition) is 1. The van der Waals surface area contributed by atoms with Crippen LogP contribution in [-0.2, 0) is 16.1 Å². The van der Waals surface area contributed by atoms with Crippen LogP contribution in [0.1, 0.15) is 31.2 Å². The normalized spacial score (nSPS) is 9.75. The fraction of sp³-hybridized carbons (Fsp3) is 0.400. The van der Waals surface area contributed by atoms with E-state index in [-0.39, 0.29) is 25.3 Å². The third kappa shape index (κ3) is 6.01. The van der Waals surface area contributed by atoms with Crippen LogP contribution in [0.4, 0.5) is 0 Å². The average Bonchev–Trinajstić information content (AvgIpc) is 2.44. The summed E-state index contributed by atoms with van der Waals surface area (Å²) in [5.74, 6) is -0.962. The van der Waals surface area contributed by atoms with Crippen LogP contribution in [0.2, 0.25) is 0 Å². The molecule has 0 aliphatic heterocycles. The Morgan fingerprint density at radius 2 is 1.80 bits per heavy atom. The number of hydrogen-bond acceptors (Lipinski definition) is 3. The maximum Gasteiger partial charge on any atom is 0.303 e. The summed E-state index contributed by atoms with van der Waals surface area (Å²) in [6, 6.07) is 11.5. The number of benzene rings is 1. The van der Waals surface area contributed by atoms with E-state index < -0.39 is 5.97 Å². The summed E-state index contributed by atoms with van der Waals surface area (Å²) in [4.78, 5) is 23.9. The van der Waals surface area contributed by atoms with Crippen LogP contribution in [0.25, 0.3) is 0 Å². The number of carboxylic acids is 1. The Hall–Kier alpha value is -2.35. The lowest BCUT2D eigenvalue weighted by Gasteiger charge is -2.19. The molecule has 0 bridgehead atoms. The van der Waals surface area contributed by atoms with E-state index in [0.29, 0.717) is 19.4 Å². The lowest BCUT2D eigenvalue weighted by Crippen LogP contribution is -2.30. The van der Waals surface area contributed by atoms with Crippen molar-refractivity contribution >= 4 is 11.9 Å². The number of aliphatic carboxylic acids is 1. The lowest BCUT2D eigenvalue weighted by molar-refractivity contribution is -0.137. The maximum absolute atomic E-state index is 12.0. The first-order chi connectivity index (χ1) is 9.63. The highest BCUT2D eigenvalue weighted by molar-refractivity contribution is 5.76. The predicted molar refractivity (Wildman–Crippen MR) is 73.6 cm³/mol. The molecule has 0 aromatic heterocycles. The van der Waals surface area contributed by atoms with Crippen molar-refractivity contribution in [1.29, 1.82) is 5.26 Å². The predicted octanol–water partition coefficient (Wildman–Crippen LogP) is 2.18. The van der Waals surface area contributed by atoms with Crippen molar-refractivity contribution in [3.63, 3.8) is 0 Å². The minimum absolute atomic E-state index is 0.0483. The van der Waals surface area contributed by atoms with Gasteiger partial charge < -0.3 is 10.0 Å². The van der Waals surface area contributed by atoms with Crippen molar-refractivity contribution in [2.45, 2.75) is 32.2 Å². The third-order valence-electron chi connectivity index (χ3n) is 2.86. The van der Waals surface area contributed by atoms with Crippen molar-refractivity contribution < 1.29 is 14.7 Å². The van der Waals surface area contributed by atoms with Crippen LogP contribution in [0, 0.1) is 11.3 Å². The van der Waals surface area contributed by atoms with Gasteiger partial charge in [0.2, 0.25) is 5.91 Å². The van der Waals surface area contributed by atoms with Gasteiger partial charge in [-0.1, -0.05) is 30.3 Å². The number of carbonyl (C=O) groups excluding carboxylic acids is 1. The quantitative estimate of drug-likeness (QED) is 0.582. The Morgan fingerprint density at radius 1 is 1.15 bits per heavy atom. The molecule has 1 N–H and O–H groups in total. The molecule has 1 aromatic rings. The zero-order valence-corrected chi connectivity index (χ0v) is 11.3. The van der Waals surface area contributed by atoms with Crippen molar-refractivity contribution in [3.05, 3.63) is 35.9 Å². The molecule has 1 aromatic carbocycles. The molecule has 0 saturated heterocycles. The Bertz CT molecular complexity index is 480. The van der Waals surface area contributed by atoms with E-state index in [4.69, 9.17) is 10.4 Å². The zero-order valence-electron chi connectivity index (χ0n) is 11.3. The monoisotopic (exact) mass is 274 g/mol. The minimum Gasteiger partial charge on any atom is -0.481 e. The molecule has 1 amide bonds. The van der Waals surface area contributed by atoms with Crippen molar-refractivity contribution in [3.8, 4) is 6.07 Å². The first-order valence-electron chi connectivity index (χ1n) is 6.54. The molecular formula is C15H18N2O3. The molecule has 1 rings (SSSR count). The number of rotatable bonds is 8. The molecule has 0 radical (unpaired) electrons. The lowest BCUT2D eigenvalue weighted by atomic mass is 10.1. The van der Waals surface area contributed by atoms with E-state index in [2.05, 4.69) is 0 Å². The van der Waals surface area contributed by atoms with Crippen LogP contribution in [0.3, 0.4) is 0 Å². The smallest absolute Gasteiger partial charge is 0.303 e. The van der Waals surface area contributed by atoms with Crippen LogP contribution in [0.5, 0.6) is 0 Å². The molecule has 106 valence electrons. The second kappa shape index (κ2) is 8.70. The first kappa shape index (κ1) is 15.7. The fourth-order valence-electron chi connectivity index (χ4n) is 1.83. The third-order valence-corrected chi connectivity index (χ3v) is 2.86. The number of amides is 1. The van der Waals surface area contributed by atoms with E-state index in [0.717, 1.165) is 5.56 Å². The summed E-state index contributed by atoms with van der Waals surface area (Å²) < 4.78 is 0. The second-order valence-corrected chi connectivity index (χ2v) is 4.49. The van der Waals surface area contributed by atoms with Crippen LogP contribution >= 0.6 is 0 Å². The summed E-state index contributed by atoms with van der Waals surface area (Å²) in [6.45, 7) is 0.457. The molecule has 5 nitrogen and oxygen atoms in total. The van der Waals surface area contributed by atoms with Crippen molar-refractivity contribution in [2.75, 3.05) is 6.54 Å². The van der Waals surface area contributed by atoms with E-state index in [9.17, 15) is 9.59 Å². The van der Waals surface area contributed by atoms with E-state index >= 15 is 0 Å². The van der Waals surface area contributed by atoms with Gasteiger partial charge >= 0.3 is 5.97 Å². The molecule has 5 heteroatoms. The van der Waals surface area contributed by atoms with Gasteiger partial charge in [0, 0.05) is 19.4 Å². The second-order valence-electron chi connectivity index (χ2n) is 4.49. The van der Waals surface area contributed by atoms with Gasteiger partial charge in [-0.3, -0.25) is 9.59 Å². The van der Waals surface area contributed by atoms with E-state index in [1.807, 2.05) is 36.4 Å². The van der Waals surface area contributed by atoms with Crippen LogP contribution in [-0.4, -0.2) is 28.4 Å². The molecule has 0 spiro atoms. The van der Waals surface area contributed by atoms with Crippen molar-refractivity contribution in [2.24, 2.45) is 0 Å². The van der Waals surface area contributed by atoms with Crippen molar-refractivity contribution in [1.82, 2.24) is 4.90 Å². The molecule has 0 fully saturated rings. The topological polar surface area (TPSA) is 81.4 Å². The number of nitriles is 1. The van der Waals surface area contributed by atoms with Gasteiger partial charge in [0.05, 0.1) is 6.07 Å².